The fourth-order valence-electron chi connectivity index (χ4n) is 4.16. The van der Waals surface area contributed by atoms with Crippen LogP contribution in [0.1, 0.15) is 47.4 Å². The molecule has 0 radical (unpaired) electrons. The van der Waals surface area contributed by atoms with Crippen molar-refractivity contribution in [3.05, 3.63) is 71.8 Å². The standard InChI is InChI=1S/C20H19N7/c1-3-14(13-4-5-13)17-11-16(25-27(17)9-1)19-18-15(23-12-24-18)6-10-26(19)20-21-7-2-8-22-20/h1-3,7-9,11-13,19H,4-6,10H2,(H,23,24)/t19-/m0/s1. The summed E-state index contributed by atoms with van der Waals surface area (Å²) in [5, 5.41) is 4.93. The van der Waals surface area contributed by atoms with Crippen molar-refractivity contribution in [2.45, 2.75) is 31.2 Å². The lowest BCUT2D eigenvalue weighted by molar-refractivity contribution is 0.602. The number of nitrogens with one attached hydrogen (secondary N) is 1. The van der Waals surface area contributed by atoms with E-state index in [0.29, 0.717) is 5.92 Å². The molecule has 134 valence electrons. The van der Waals surface area contributed by atoms with Crippen LogP contribution in [0.5, 0.6) is 0 Å². The van der Waals surface area contributed by atoms with Crippen LogP contribution in [0.3, 0.4) is 0 Å². The zero-order valence-electron chi connectivity index (χ0n) is 14.8. The lowest BCUT2D eigenvalue weighted by Gasteiger charge is -2.33. The Bertz CT molecular complexity index is 1110. The van der Waals surface area contributed by atoms with Crippen LogP contribution in [0.15, 0.2) is 49.2 Å². The van der Waals surface area contributed by atoms with E-state index in [1.807, 2.05) is 16.8 Å². The van der Waals surface area contributed by atoms with Crippen LogP contribution in [-0.4, -0.2) is 36.1 Å². The fraction of sp³-hybridized carbons (Fsp3) is 0.300. The molecule has 4 aromatic heterocycles. The molecule has 5 heterocycles. The molecule has 4 aromatic rings. The van der Waals surface area contributed by atoms with Crippen molar-refractivity contribution < 1.29 is 0 Å². The topological polar surface area (TPSA) is 75.0 Å². The van der Waals surface area contributed by atoms with Crippen molar-refractivity contribution in [2.75, 3.05) is 11.4 Å². The van der Waals surface area contributed by atoms with Gasteiger partial charge in [0.25, 0.3) is 0 Å². The number of anilines is 1. The summed E-state index contributed by atoms with van der Waals surface area (Å²) in [6.07, 6.45) is 10.8. The molecule has 0 aromatic carbocycles. The molecule has 1 aliphatic heterocycles. The van der Waals surface area contributed by atoms with E-state index in [1.54, 1.807) is 18.7 Å². The molecule has 0 spiro atoms. The van der Waals surface area contributed by atoms with Gasteiger partial charge in [0.05, 0.1) is 23.2 Å². The lowest BCUT2D eigenvalue weighted by Crippen LogP contribution is -2.37. The van der Waals surface area contributed by atoms with E-state index in [1.165, 1.54) is 29.6 Å². The summed E-state index contributed by atoms with van der Waals surface area (Å²) in [5.74, 6) is 1.40. The van der Waals surface area contributed by atoms with Crippen molar-refractivity contribution in [1.82, 2.24) is 29.5 Å². The van der Waals surface area contributed by atoms with Crippen LogP contribution in [0.2, 0.25) is 0 Å². The zero-order valence-corrected chi connectivity index (χ0v) is 14.8. The first-order valence-corrected chi connectivity index (χ1v) is 9.42. The van der Waals surface area contributed by atoms with Crippen LogP contribution in [-0.2, 0) is 6.42 Å². The highest BCUT2D eigenvalue weighted by molar-refractivity contribution is 5.59. The molecule has 6 rings (SSSR count). The van der Waals surface area contributed by atoms with Gasteiger partial charge in [0.2, 0.25) is 5.95 Å². The molecule has 1 aliphatic carbocycles. The summed E-state index contributed by atoms with van der Waals surface area (Å²) in [7, 11) is 0. The maximum atomic E-state index is 4.93. The van der Waals surface area contributed by atoms with Gasteiger partial charge < -0.3 is 9.88 Å². The minimum absolute atomic E-state index is 0.0886. The zero-order chi connectivity index (χ0) is 17.8. The Hall–Kier alpha value is -3.22. The first kappa shape index (κ1) is 14.9. The van der Waals surface area contributed by atoms with E-state index in [0.717, 1.165) is 30.3 Å². The van der Waals surface area contributed by atoms with Crippen molar-refractivity contribution in [3.8, 4) is 0 Å². The number of pyridine rings is 1. The number of fused-ring (bicyclic) bond motifs is 2. The van der Waals surface area contributed by atoms with E-state index in [-0.39, 0.29) is 6.04 Å². The summed E-state index contributed by atoms with van der Waals surface area (Å²) in [5.41, 5.74) is 5.78. The molecule has 1 saturated carbocycles. The molecule has 1 N–H and O–H groups in total. The number of H-pyrrole nitrogens is 1. The Morgan fingerprint density at radius 1 is 1.07 bits per heavy atom. The third-order valence-corrected chi connectivity index (χ3v) is 5.58. The maximum absolute atomic E-state index is 4.93. The SMILES string of the molecule is c1cnc(N2CCc3[nH]cnc3[C@@H]2c2cc3c(C4CC4)cccn3n2)nc1. The number of aromatic amines is 1. The molecule has 1 atom stereocenters. The van der Waals surface area contributed by atoms with Crippen LogP contribution >= 0.6 is 0 Å². The summed E-state index contributed by atoms with van der Waals surface area (Å²) in [6.45, 7) is 0.827. The highest BCUT2D eigenvalue weighted by Crippen LogP contribution is 2.43. The Labute approximate surface area is 156 Å². The van der Waals surface area contributed by atoms with E-state index in [4.69, 9.17) is 5.10 Å². The smallest absolute Gasteiger partial charge is 0.226 e. The lowest BCUT2D eigenvalue weighted by atomic mass is 10.00. The predicted octanol–water partition coefficient (Wildman–Crippen LogP) is 2.88. The molecule has 2 aliphatic rings. The van der Waals surface area contributed by atoms with Gasteiger partial charge in [0.15, 0.2) is 0 Å². The highest BCUT2D eigenvalue weighted by atomic mass is 15.3. The third-order valence-electron chi connectivity index (χ3n) is 5.58. The van der Waals surface area contributed by atoms with E-state index in [9.17, 15) is 0 Å². The molecule has 0 bridgehead atoms. The first-order chi connectivity index (χ1) is 13.4. The van der Waals surface area contributed by atoms with Gasteiger partial charge in [-0.05, 0) is 42.5 Å². The van der Waals surface area contributed by atoms with Gasteiger partial charge in [-0.3, -0.25) is 0 Å². The number of rotatable bonds is 3. The van der Waals surface area contributed by atoms with Gasteiger partial charge >= 0.3 is 0 Å². The molecule has 27 heavy (non-hydrogen) atoms. The van der Waals surface area contributed by atoms with Crippen LogP contribution in [0.25, 0.3) is 5.52 Å². The average Bonchev–Trinajstić information content (AvgIpc) is 3.28. The molecular formula is C20H19N7. The number of hydrogen-bond acceptors (Lipinski definition) is 5. The number of aromatic nitrogens is 6. The van der Waals surface area contributed by atoms with Gasteiger partial charge in [-0.2, -0.15) is 5.10 Å². The van der Waals surface area contributed by atoms with Crippen molar-refractivity contribution in [2.24, 2.45) is 0 Å². The van der Waals surface area contributed by atoms with Crippen molar-refractivity contribution in [3.63, 3.8) is 0 Å². The molecular weight excluding hydrogens is 338 g/mol. The molecule has 0 amide bonds. The van der Waals surface area contributed by atoms with Gasteiger partial charge in [-0.15, -0.1) is 0 Å². The summed E-state index contributed by atoms with van der Waals surface area (Å²) in [4.78, 5) is 19.1. The highest BCUT2D eigenvalue weighted by Gasteiger charge is 2.35. The summed E-state index contributed by atoms with van der Waals surface area (Å²) in [6, 6.07) is 8.30. The minimum Gasteiger partial charge on any atom is -0.348 e. The predicted molar refractivity (Wildman–Crippen MR) is 101 cm³/mol. The second kappa shape index (κ2) is 5.64. The Balaban J connectivity index is 1.52. The van der Waals surface area contributed by atoms with E-state index < -0.39 is 0 Å². The van der Waals surface area contributed by atoms with Gasteiger partial charge in [-0.25, -0.2) is 19.5 Å². The minimum atomic E-state index is -0.0886. The molecule has 0 unspecified atom stereocenters. The Morgan fingerprint density at radius 2 is 1.96 bits per heavy atom. The van der Waals surface area contributed by atoms with Crippen molar-refractivity contribution in [1.29, 1.82) is 0 Å². The number of hydrogen-bond donors (Lipinski definition) is 1. The monoisotopic (exact) mass is 357 g/mol. The molecule has 7 heteroatoms. The van der Waals surface area contributed by atoms with Gasteiger partial charge in [-0.1, -0.05) is 6.07 Å². The van der Waals surface area contributed by atoms with Crippen LogP contribution in [0.4, 0.5) is 5.95 Å². The van der Waals surface area contributed by atoms with Crippen molar-refractivity contribution >= 4 is 11.5 Å². The van der Waals surface area contributed by atoms with Gasteiger partial charge in [0, 0.05) is 37.3 Å². The average molecular weight is 357 g/mol. The quantitative estimate of drug-likeness (QED) is 0.610. The molecule has 1 fully saturated rings. The van der Waals surface area contributed by atoms with E-state index >= 15 is 0 Å². The maximum Gasteiger partial charge on any atom is 0.226 e. The summed E-state index contributed by atoms with van der Waals surface area (Å²) < 4.78 is 2.01. The number of imidazole rings is 1. The van der Waals surface area contributed by atoms with E-state index in [2.05, 4.69) is 43.0 Å². The third kappa shape index (κ3) is 2.34. The second-order valence-corrected chi connectivity index (χ2v) is 7.30. The Kier molecular flexibility index (Phi) is 3.11. The second-order valence-electron chi connectivity index (χ2n) is 7.30. The van der Waals surface area contributed by atoms with Crippen LogP contribution < -0.4 is 4.90 Å². The van der Waals surface area contributed by atoms with Gasteiger partial charge in [0.1, 0.15) is 6.04 Å². The Morgan fingerprint density at radius 3 is 2.81 bits per heavy atom. The number of nitrogens with zero attached hydrogens (tertiary/aromatic N) is 6. The first-order valence-electron chi connectivity index (χ1n) is 9.42. The fourth-order valence-corrected chi connectivity index (χ4v) is 4.16. The molecule has 0 saturated heterocycles. The summed E-state index contributed by atoms with van der Waals surface area (Å²) >= 11 is 0. The van der Waals surface area contributed by atoms with Crippen LogP contribution in [0, 0.1) is 0 Å². The molecule has 7 nitrogen and oxygen atoms in total. The largest absolute Gasteiger partial charge is 0.348 e. The normalized spacial score (nSPS) is 19.4.